The van der Waals surface area contributed by atoms with Gasteiger partial charge in [-0.3, -0.25) is 0 Å². The van der Waals surface area contributed by atoms with Gasteiger partial charge in [0.25, 0.3) is 0 Å². The Hall–Kier alpha value is -1.64. The van der Waals surface area contributed by atoms with E-state index in [1.807, 2.05) is 6.07 Å². The minimum absolute atomic E-state index is 0.199. The molecule has 0 saturated heterocycles. The lowest BCUT2D eigenvalue weighted by molar-refractivity contribution is 0.473. The van der Waals surface area contributed by atoms with Crippen molar-refractivity contribution in [3.63, 3.8) is 0 Å². The highest BCUT2D eigenvalue weighted by atomic mass is 79.9. The molecule has 0 bridgehead atoms. The quantitative estimate of drug-likeness (QED) is 0.562. The molecule has 74 valence electrons. The number of rotatable bonds is 0. The monoisotopic (exact) mass is 260 g/mol. The number of alkyl halides is 1. The van der Waals surface area contributed by atoms with E-state index in [9.17, 15) is 5.11 Å². The average molecular weight is 261 g/mol. The van der Waals surface area contributed by atoms with Gasteiger partial charge in [0.1, 0.15) is 5.75 Å². The number of phenolic OH excluding ortho intramolecular Hbond substituents is 1. The summed E-state index contributed by atoms with van der Waals surface area (Å²) < 4.78 is 0. The number of para-hydroxylation sites is 1. The van der Waals surface area contributed by atoms with Gasteiger partial charge in [0, 0.05) is 0 Å². The molecule has 1 nitrogen and oxygen atoms in total. The first kappa shape index (κ1) is 11.4. The number of aromatic hydroxyl groups is 1. The summed E-state index contributed by atoms with van der Waals surface area (Å²) in [7, 11) is 0. The molecule has 1 N–H and O–H groups in total. The summed E-state index contributed by atoms with van der Waals surface area (Å²) >= 11 is 3.19. The van der Waals surface area contributed by atoms with Gasteiger partial charge in [-0.15, -0.1) is 0 Å². The van der Waals surface area contributed by atoms with Crippen molar-refractivity contribution >= 4 is 15.9 Å². The fourth-order valence-corrected chi connectivity index (χ4v) is 1.04. The molecule has 0 aliphatic rings. The molecule has 0 radical (unpaired) electrons. The Morgan fingerprint density at radius 1 is 1.20 bits per heavy atom. The predicted molar refractivity (Wildman–Crippen MR) is 65.7 cm³/mol. The molecular weight excluding hydrogens is 252 g/mol. The Bertz CT molecular complexity index is 467. The van der Waals surface area contributed by atoms with Crippen LogP contribution in [0.15, 0.2) is 36.4 Å². The zero-order chi connectivity index (χ0) is 10.9. The summed E-state index contributed by atoms with van der Waals surface area (Å²) in [5.41, 5.74) is 0.621. The Labute approximate surface area is 98.0 Å². The van der Waals surface area contributed by atoms with Gasteiger partial charge in [0.05, 0.1) is 10.9 Å². The van der Waals surface area contributed by atoms with Crippen LogP contribution in [-0.2, 0) is 0 Å². The maximum absolute atomic E-state index is 9.39. The molecule has 2 heteroatoms. The second-order valence-corrected chi connectivity index (χ2v) is 3.14. The van der Waals surface area contributed by atoms with Crippen molar-refractivity contribution < 1.29 is 5.11 Å². The minimum Gasteiger partial charge on any atom is -0.507 e. The summed E-state index contributed by atoms with van der Waals surface area (Å²) in [6.07, 6.45) is 3.33. The van der Waals surface area contributed by atoms with E-state index < -0.39 is 0 Å². The Morgan fingerprint density at radius 3 is 2.67 bits per heavy atom. The number of halogens is 1. The van der Waals surface area contributed by atoms with Gasteiger partial charge in [0.2, 0.25) is 0 Å². The SMILES string of the molecule is Oc1ccccc1C#C/C=C\C#CCBr. The van der Waals surface area contributed by atoms with Crippen LogP contribution in [0.25, 0.3) is 0 Å². The fourth-order valence-electron chi connectivity index (χ4n) is 0.880. The zero-order valence-electron chi connectivity index (χ0n) is 8.00. The van der Waals surface area contributed by atoms with Gasteiger partial charge in [-0.1, -0.05) is 51.7 Å². The second-order valence-electron chi connectivity index (χ2n) is 2.57. The Kier molecular flexibility index (Phi) is 5.15. The van der Waals surface area contributed by atoms with Crippen LogP contribution in [0.5, 0.6) is 5.75 Å². The van der Waals surface area contributed by atoms with E-state index in [1.54, 1.807) is 30.4 Å². The van der Waals surface area contributed by atoms with E-state index in [4.69, 9.17) is 0 Å². The smallest absolute Gasteiger partial charge is 0.131 e. The lowest BCUT2D eigenvalue weighted by atomic mass is 10.2. The normalized spacial score (nSPS) is 8.87. The van der Waals surface area contributed by atoms with Gasteiger partial charge in [-0.2, -0.15) is 0 Å². The fraction of sp³-hybridized carbons (Fsp3) is 0.0769. The molecule has 0 amide bonds. The van der Waals surface area contributed by atoms with Gasteiger partial charge < -0.3 is 5.11 Å². The number of allylic oxidation sites excluding steroid dienone is 2. The van der Waals surface area contributed by atoms with Crippen molar-refractivity contribution in [3.8, 4) is 29.4 Å². The van der Waals surface area contributed by atoms with E-state index >= 15 is 0 Å². The van der Waals surface area contributed by atoms with Crippen molar-refractivity contribution in [1.82, 2.24) is 0 Å². The molecule has 1 aromatic carbocycles. The van der Waals surface area contributed by atoms with Crippen LogP contribution in [-0.4, -0.2) is 10.4 Å². The summed E-state index contributed by atoms with van der Waals surface area (Å²) in [6, 6.07) is 6.97. The van der Waals surface area contributed by atoms with Gasteiger partial charge >= 0.3 is 0 Å². The van der Waals surface area contributed by atoms with Gasteiger partial charge in [-0.05, 0) is 24.3 Å². The third kappa shape index (κ3) is 4.40. The molecule has 0 unspecified atom stereocenters. The first-order valence-electron chi connectivity index (χ1n) is 4.33. The first-order chi connectivity index (χ1) is 7.34. The highest BCUT2D eigenvalue weighted by molar-refractivity contribution is 9.09. The lowest BCUT2D eigenvalue weighted by Gasteiger charge is -1.92. The van der Waals surface area contributed by atoms with E-state index in [-0.39, 0.29) is 5.75 Å². The third-order valence-electron chi connectivity index (χ3n) is 1.53. The van der Waals surface area contributed by atoms with Crippen molar-refractivity contribution in [2.24, 2.45) is 0 Å². The highest BCUT2D eigenvalue weighted by Crippen LogP contribution is 2.13. The first-order valence-corrected chi connectivity index (χ1v) is 5.45. The molecule has 0 fully saturated rings. The summed E-state index contributed by atoms with van der Waals surface area (Å²) in [5, 5.41) is 10.0. The maximum atomic E-state index is 9.39. The van der Waals surface area contributed by atoms with Crippen LogP contribution in [0, 0.1) is 23.7 Å². The van der Waals surface area contributed by atoms with Crippen LogP contribution < -0.4 is 0 Å². The van der Waals surface area contributed by atoms with Crippen molar-refractivity contribution in [2.45, 2.75) is 0 Å². The standard InChI is InChI=1S/C13H9BrO/c14-11-7-3-1-2-4-8-12-9-5-6-10-13(12)15/h1-2,5-6,9-10,15H,11H2/b2-1-. The van der Waals surface area contributed by atoms with E-state index in [0.29, 0.717) is 10.9 Å². The van der Waals surface area contributed by atoms with Crippen LogP contribution in [0.4, 0.5) is 0 Å². The molecule has 0 spiro atoms. The number of hydrogen-bond donors (Lipinski definition) is 1. The number of phenols is 1. The predicted octanol–water partition coefficient (Wildman–Crippen LogP) is 2.70. The van der Waals surface area contributed by atoms with Crippen LogP contribution in [0.3, 0.4) is 0 Å². The number of hydrogen-bond acceptors (Lipinski definition) is 1. The van der Waals surface area contributed by atoms with E-state index in [0.717, 1.165) is 0 Å². The Balaban J connectivity index is 2.67. The highest BCUT2D eigenvalue weighted by Gasteiger charge is 1.91. The van der Waals surface area contributed by atoms with Crippen molar-refractivity contribution in [2.75, 3.05) is 5.33 Å². The molecule has 15 heavy (non-hydrogen) atoms. The Morgan fingerprint density at radius 2 is 1.93 bits per heavy atom. The van der Waals surface area contributed by atoms with E-state index in [2.05, 4.69) is 39.6 Å². The second kappa shape index (κ2) is 6.76. The van der Waals surface area contributed by atoms with Gasteiger partial charge in [-0.25, -0.2) is 0 Å². The molecule has 0 heterocycles. The largest absolute Gasteiger partial charge is 0.507 e. The van der Waals surface area contributed by atoms with E-state index in [1.165, 1.54) is 0 Å². The molecule has 0 aliphatic carbocycles. The molecule has 0 aliphatic heterocycles. The zero-order valence-corrected chi connectivity index (χ0v) is 9.58. The summed E-state index contributed by atoms with van der Waals surface area (Å²) in [6.45, 7) is 0. The van der Waals surface area contributed by atoms with Crippen LogP contribution >= 0.6 is 15.9 Å². The molecule has 0 saturated carbocycles. The minimum atomic E-state index is 0.199. The summed E-state index contributed by atoms with van der Waals surface area (Å²) in [4.78, 5) is 0. The van der Waals surface area contributed by atoms with Crippen LogP contribution in [0.1, 0.15) is 5.56 Å². The molecular formula is C13H9BrO. The topological polar surface area (TPSA) is 20.2 Å². The average Bonchev–Trinajstić information content (AvgIpc) is 2.25. The third-order valence-corrected chi connectivity index (χ3v) is 1.81. The number of benzene rings is 1. The molecule has 0 aromatic heterocycles. The van der Waals surface area contributed by atoms with Crippen molar-refractivity contribution in [3.05, 3.63) is 42.0 Å². The van der Waals surface area contributed by atoms with Gasteiger partial charge in [0.15, 0.2) is 0 Å². The molecule has 0 atom stereocenters. The summed E-state index contributed by atoms with van der Waals surface area (Å²) in [5.74, 6) is 11.4. The van der Waals surface area contributed by atoms with Crippen molar-refractivity contribution in [1.29, 1.82) is 0 Å². The maximum Gasteiger partial charge on any atom is 0.131 e. The molecule has 1 aromatic rings. The van der Waals surface area contributed by atoms with Crippen LogP contribution in [0.2, 0.25) is 0 Å². The lowest BCUT2D eigenvalue weighted by Crippen LogP contribution is -1.73. The molecule has 1 rings (SSSR count).